The molecule has 22 heavy (non-hydrogen) atoms. The zero-order valence-corrected chi connectivity index (χ0v) is 13.9. The zero-order valence-electron chi connectivity index (χ0n) is 12.1. The van der Waals surface area contributed by atoms with Gasteiger partial charge in [0, 0.05) is 9.79 Å². The van der Waals surface area contributed by atoms with Crippen LogP contribution in [0, 0.1) is 0 Å². The molecule has 0 atom stereocenters. The van der Waals surface area contributed by atoms with E-state index in [4.69, 9.17) is 0 Å². The Hall–Kier alpha value is -1.92. The van der Waals surface area contributed by atoms with Crippen LogP contribution < -0.4 is 0 Å². The minimum absolute atomic E-state index is 0.351. The number of hydrogen-bond donors (Lipinski definition) is 2. The van der Waals surface area contributed by atoms with Crippen molar-refractivity contribution in [3.05, 3.63) is 59.7 Å². The second-order valence-corrected chi connectivity index (χ2v) is 4.98. The lowest BCUT2D eigenvalue weighted by Crippen LogP contribution is -2.01. The lowest BCUT2D eigenvalue weighted by Gasteiger charge is -2.00. The van der Waals surface area contributed by atoms with Crippen molar-refractivity contribution >= 4 is 37.2 Å². The molecule has 2 aromatic carbocycles. The van der Waals surface area contributed by atoms with E-state index >= 15 is 0 Å². The molecular formula is C16H16O4S2. The van der Waals surface area contributed by atoms with Crippen molar-refractivity contribution in [3.63, 3.8) is 0 Å². The molecule has 0 radical (unpaired) electrons. The fourth-order valence-electron chi connectivity index (χ4n) is 1.51. The number of carbonyl (C=O) groups is 2. The Kier molecular flexibility index (Phi) is 7.56. The van der Waals surface area contributed by atoms with Crippen molar-refractivity contribution < 1.29 is 19.1 Å². The van der Waals surface area contributed by atoms with E-state index in [1.165, 1.54) is 14.2 Å². The number of esters is 2. The predicted molar refractivity (Wildman–Crippen MR) is 90.1 cm³/mol. The molecular weight excluding hydrogens is 320 g/mol. The molecule has 0 aliphatic carbocycles. The first-order valence-electron chi connectivity index (χ1n) is 6.23. The average molecular weight is 336 g/mol. The summed E-state index contributed by atoms with van der Waals surface area (Å²) in [6.45, 7) is 0. The molecule has 2 aromatic rings. The largest absolute Gasteiger partial charge is 0.465 e. The maximum absolute atomic E-state index is 11.0. The van der Waals surface area contributed by atoms with Gasteiger partial charge in [0.1, 0.15) is 0 Å². The Morgan fingerprint density at radius 1 is 0.727 bits per heavy atom. The Labute approximate surface area is 140 Å². The van der Waals surface area contributed by atoms with Crippen LogP contribution in [0.5, 0.6) is 0 Å². The van der Waals surface area contributed by atoms with Crippen LogP contribution in [-0.2, 0) is 9.47 Å². The molecule has 0 saturated carbocycles. The number of rotatable bonds is 2. The summed E-state index contributed by atoms with van der Waals surface area (Å²) < 4.78 is 9.06. The number of methoxy groups -OCH3 is 2. The highest BCUT2D eigenvalue weighted by Gasteiger charge is 2.07. The third-order valence-corrected chi connectivity index (χ3v) is 3.40. The highest BCUT2D eigenvalue weighted by molar-refractivity contribution is 7.80. The van der Waals surface area contributed by atoms with Gasteiger partial charge in [-0.3, -0.25) is 0 Å². The fourth-order valence-corrected chi connectivity index (χ4v) is 2.02. The summed E-state index contributed by atoms with van der Waals surface area (Å²) in [5.41, 5.74) is 0.997. The van der Waals surface area contributed by atoms with E-state index in [0.29, 0.717) is 20.9 Å². The molecule has 6 heteroatoms. The Bertz CT molecular complexity index is 599. The van der Waals surface area contributed by atoms with Crippen molar-refractivity contribution in [3.8, 4) is 0 Å². The SMILES string of the molecule is COC(=O)c1ccccc1S.COC(=O)c1ccccc1S. The molecule has 0 aliphatic rings. The summed E-state index contributed by atoms with van der Waals surface area (Å²) in [5, 5.41) is 0. The Morgan fingerprint density at radius 3 is 1.32 bits per heavy atom. The van der Waals surface area contributed by atoms with E-state index in [2.05, 4.69) is 34.7 Å². The molecule has 4 nitrogen and oxygen atoms in total. The summed E-state index contributed by atoms with van der Waals surface area (Å²) in [4.78, 5) is 23.2. The number of carbonyl (C=O) groups excluding carboxylic acids is 2. The molecule has 0 aromatic heterocycles. The highest BCUT2D eigenvalue weighted by atomic mass is 32.1. The first-order valence-corrected chi connectivity index (χ1v) is 7.13. The van der Waals surface area contributed by atoms with Gasteiger partial charge in [-0.05, 0) is 24.3 Å². The van der Waals surface area contributed by atoms with E-state index in [1.54, 1.807) is 36.4 Å². The normalized spacial score (nSPS) is 9.27. The second kappa shape index (κ2) is 9.17. The summed E-state index contributed by atoms with van der Waals surface area (Å²) in [7, 11) is 2.70. The van der Waals surface area contributed by atoms with Crippen LogP contribution in [0.15, 0.2) is 58.3 Å². The highest BCUT2D eigenvalue weighted by Crippen LogP contribution is 2.13. The summed E-state index contributed by atoms with van der Waals surface area (Å²) in [6, 6.07) is 14.0. The van der Waals surface area contributed by atoms with E-state index in [9.17, 15) is 9.59 Å². The molecule has 0 unspecified atom stereocenters. The standard InChI is InChI=1S/2C8H8O2S/c2*1-10-8(9)6-4-2-3-5-7(6)11/h2*2-5,11H,1H3. The smallest absolute Gasteiger partial charge is 0.338 e. The van der Waals surface area contributed by atoms with E-state index < -0.39 is 0 Å². The first-order chi connectivity index (χ1) is 10.5. The Balaban J connectivity index is 0.000000220. The van der Waals surface area contributed by atoms with Crippen LogP contribution >= 0.6 is 25.3 Å². The van der Waals surface area contributed by atoms with Gasteiger partial charge < -0.3 is 9.47 Å². The lowest BCUT2D eigenvalue weighted by molar-refractivity contribution is 0.0588. The van der Waals surface area contributed by atoms with Crippen molar-refractivity contribution in [1.29, 1.82) is 0 Å². The van der Waals surface area contributed by atoms with Crippen LogP contribution in [-0.4, -0.2) is 26.2 Å². The predicted octanol–water partition coefficient (Wildman–Crippen LogP) is 3.52. The van der Waals surface area contributed by atoms with Gasteiger partial charge in [-0.2, -0.15) is 0 Å². The average Bonchev–Trinajstić information content (AvgIpc) is 2.55. The molecule has 0 heterocycles. The minimum Gasteiger partial charge on any atom is -0.465 e. The first kappa shape index (κ1) is 18.1. The molecule has 0 amide bonds. The van der Waals surface area contributed by atoms with Crippen LogP contribution in [0.25, 0.3) is 0 Å². The zero-order chi connectivity index (χ0) is 16.5. The van der Waals surface area contributed by atoms with Gasteiger partial charge in [-0.1, -0.05) is 24.3 Å². The maximum atomic E-state index is 11.0. The lowest BCUT2D eigenvalue weighted by atomic mass is 10.2. The van der Waals surface area contributed by atoms with Crippen molar-refractivity contribution in [2.24, 2.45) is 0 Å². The molecule has 0 fully saturated rings. The van der Waals surface area contributed by atoms with Gasteiger partial charge >= 0.3 is 11.9 Å². The second-order valence-electron chi connectivity index (χ2n) is 4.02. The van der Waals surface area contributed by atoms with Crippen LogP contribution in [0.2, 0.25) is 0 Å². The molecule has 2 rings (SSSR count). The summed E-state index contributed by atoms with van der Waals surface area (Å²) in [6.07, 6.45) is 0. The van der Waals surface area contributed by atoms with E-state index in [-0.39, 0.29) is 11.9 Å². The minimum atomic E-state index is -0.351. The van der Waals surface area contributed by atoms with Crippen molar-refractivity contribution in [2.75, 3.05) is 14.2 Å². The van der Waals surface area contributed by atoms with Gasteiger partial charge in [0.25, 0.3) is 0 Å². The molecule has 0 aliphatic heterocycles. The van der Waals surface area contributed by atoms with Gasteiger partial charge in [0.15, 0.2) is 0 Å². The van der Waals surface area contributed by atoms with Gasteiger partial charge in [-0.25, -0.2) is 9.59 Å². The molecule has 0 bridgehead atoms. The van der Waals surface area contributed by atoms with Gasteiger partial charge in [0.2, 0.25) is 0 Å². The topological polar surface area (TPSA) is 52.6 Å². The van der Waals surface area contributed by atoms with Crippen LogP contribution in [0.4, 0.5) is 0 Å². The molecule has 0 N–H and O–H groups in total. The monoisotopic (exact) mass is 336 g/mol. The molecule has 116 valence electrons. The number of hydrogen-bond acceptors (Lipinski definition) is 6. The fraction of sp³-hybridized carbons (Fsp3) is 0.125. The van der Waals surface area contributed by atoms with E-state index in [0.717, 1.165) is 0 Å². The maximum Gasteiger partial charge on any atom is 0.338 e. The Morgan fingerprint density at radius 2 is 1.05 bits per heavy atom. The molecule has 0 spiro atoms. The third kappa shape index (κ3) is 5.13. The summed E-state index contributed by atoms with van der Waals surface area (Å²) in [5.74, 6) is -0.703. The third-order valence-electron chi connectivity index (χ3n) is 2.62. The number of ether oxygens (including phenoxy) is 2. The van der Waals surface area contributed by atoms with Crippen molar-refractivity contribution in [2.45, 2.75) is 9.79 Å². The summed E-state index contributed by atoms with van der Waals surface area (Å²) >= 11 is 8.18. The molecule has 0 saturated heterocycles. The number of thiol groups is 2. The van der Waals surface area contributed by atoms with Crippen LogP contribution in [0.1, 0.15) is 20.7 Å². The van der Waals surface area contributed by atoms with Gasteiger partial charge in [-0.15, -0.1) is 25.3 Å². The van der Waals surface area contributed by atoms with Crippen LogP contribution in [0.3, 0.4) is 0 Å². The van der Waals surface area contributed by atoms with E-state index in [1.807, 2.05) is 12.1 Å². The number of benzene rings is 2. The quantitative estimate of drug-likeness (QED) is 0.651. The van der Waals surface area contributed by atoms with Gasteiger partial charge in [0.05, 0.1) is 25.3 Å². The van der Waals surface area contributed by atoms with Crippen molar-refractivity contribution in [1.82, 2.24) is 0 Å².